The van der Waals surface area contributed by atoms with E-state index in [2.05, 4.69) is 39.7 Å². The molecule has 1 atom stereocenters. The summed E-state index contributed by atoms with van der Waals surface area (Å²) >= 11 is 0. The Morgan fingerprint density at radius 2 is 1.88 bits per heavy atom. The molecule has 84 valence electrons. The Hall–Kier alpha value is -2.20. The molecule has 3 rings (SSSR count). The van der Waals surface area contributed by atoms with Crippen molar-refractivity contribution in [2.45, 2.75) is 6.04 Å². The van der Waals surface area contributed by atoms with Gasteiger partial charge in [-0.25, -0.2) is 0 Å². The summed E-state index contributed by atoms with van der Waals surface area (Å²) in [5.74, 6) is 0. The standard InChI is InChI=1S/C13H12N4/c14-13(12-8-15-17-16-12)11-6-5-9-3-1-2-4-10(9)7-11/h1-8,13H,14H2,(H,15,16,17). The molecule has 2 aromatic carbocycles. The third kappa shape index (κ3) is 1.79. The van der Waals surface area contributed by atoms with Crippen LogP contribution >= 0.6 is 0 Å². The molecule has 0 aliphatic rings. The molecule has 0 fully saturated rings. The molecule has 3 aromatic rings. The minimum absolute atomic E-state index is 0.238. The van der Waals surface area contributed by atoms with Crippen LogP contribution in [0.3, 0.4) is 0 Å². The number of hydrogen-bond donors (Lipinski definition) is 2. The minimum atomic E-state index is -0.238. The molecule has 0 saturated heterocycles. The van der Waals surface area contributed by atoms with E-state index in [1.165, 1.54) is 10.8 Å². The largest absolute Gasteiger partial charge is 0.319 e. The molecule has 0 aliphatic heterocycles. The summed E-state index contributed by atoms with van der Waals surface area (Å²) in [5.41, 5.74) is 7.92. The van der Waals surface area contributed by atoms with Gasteiger partial charge < -0.3 is 5.73 Å². The molecule has 17 heavy (non-hydrogen) atoms. The molecule has 0 spiro atoms. The van der Waals surface area contributed by atoms with Crippen molar-refractivity contribution < 1.29 is 0 Å². The molecule has 0 radical (unpaired) electrons. The van der Waals surface area contributed by atoms with E-state index in [0.29, 0.717) is 0 Å². The summed E-state index contributed by atoms with van der Waals surface area (Å²) < 4.78 is 0. The number of aromatic nitrogens is 3. The number of H-pyrrole nitrogens is 1. The first-order valence-corrected chi connectivity index (χ1v) is 5.44. The van der Waals surface area contributed by atoms with E-state index in [1.807, 2.05) is 18.2 Å². The van der Waals surface area contributed by atoms with E-state index in [4.69, 9.17) is 5.73 Å². The monoisotopic (exact) mass is 224 g/mol. The summed E-state index contributed by atoms with van der Waals surface area (Å²) in [7, 11) is 0. The predicted molar refractivity (Wildman–Crippen MR) is 66.4 cm³/mol. The molecule has 1 heterocycles. The van der Waals surface area contributed by atoms with Gasteiger partial charge in [0.15, 0.2) is 0 Å². The highest BCUT2D eigenvalue weighted by Gasteiger charge is 2.11. The van der Waals surface area contributed by atoms with Crippen molar-refractivity contribution in [2.24, 2.45) is 5.73 Å². The average Bonchev–Trinajstić information content (AvgIpc) is 2.91. The van der Waals surface area contributed by atoms with E-state index in [1.54, 1.807) is 6.20 Å². The van der Waals surface area contributed by atoms with Crippen LogP contribution in [-0.4, -0.2) is 15.4 Å². The van der Waals surface area contributed by atoms with Crippen LogP contribution in [0.2, 0.25) is 0 Å². The number of nitrogens with zero attached hydrogens (tertiary/aromatic N) is 2. The van der Waals surface area contributed by atoms with Crippen LogP contribution in [0.1, 0.15) is 17.3 Å². The maximum Gasteiger partial charge on any atom is 0.104 e. The number of fused-ring (bicyclic) bond motifs is 1. The van der Waals surface area contributed by atoms with Crippen molar-refractivity contribution in [3.05, 3.63) is 59.9 Å². The second-order valence-electron chi connectivity index (χ2n) is 3.98. The number of nitrogens with two attached hydrogens (primary N) is 1. The Morgan fingerprint density at radius 3 is 2.65 bits per heavy atom. The van der Waals surface area contributed by atoms with E-state index < -0.39 is 0 Å². The van der Waals surface area contributed by atoms with Crippen LogP contribution in [0, 0.1) is 0 Å². The fourth-order valence-corrected chi connectivity index (χ4v) is 1.93. The smallest absolute Gasteiger partial charge is 0.104 e. The van der Waals surface area contributed by atoms with E-state index in [9.17, 15) is 0 Å². The van der Waals surface area contributed by atoms with Gasteiger partial charge in [0.1, 0.15) is 5.69 Å². The van der Waals surface area contributed by atoms with E-state index in [0.717, 1.165) is 11.3 Å². The summed E-state index contributed by atoms with van der Waals surface area (Å²) in [6.07, 6.45) is 1.65. The number of rotatable bonds is 2. The first-order chi connectivity index (χ1) is 8.34. The lowest BCUT2D eigenvalue weighted by Gasteiger charge is -2.09. The highest BCUT2D eigenvalue weighted by Crippen LogP contribution is 2.22. The SMILES string of the molecule is NC(c1ccc2ccccc2c1)c1cn[nH]n1. The second-order valence-corrected chi connectivity index (χ2v) is 3.98. The maximum atomic E-state index is 6.13. The fourth-order valence-electron chi connectivity index (χ4n) is 1.93. The number of hydrogen-bond acceptors (Lipinski definition) is 3. The van der Waals surface area contributed by atoms with Crippen LogP contribution < -0.4 is 5.73 Å². The lowest BCUT2D eigenvalue weighted by molar-refractivity contribution is 0.811. The Morgan fingerprint density at radius 1 is 1.06 bits per heavy atom. The highest BCUT2D eigenvalue weighted by molar-refractivity contribution is 5.83. The van der Waals surface area contributed by atoms with Gasteiger partial charge in [0.05, 0.1) is 12.2 Å². The molecule has 0 saturated carbocycles. The van der Waals surface area contributed by atoms with Crippen LogP contribution in [0.25, 0.3) is 10.8 Å². The van der Waals surface area contributed by atoms with Crippen LogP contribution in [0.5, 0.6) is 0 Å². The van der Waals surface area contributed by atoms with Crippen molar-refractivity contribution in [3.8, 4) is 0 Å². The summed E-state index contributed by atoms with van der Waals surface area (Å²) in [6, 6.07) is 14.2. The van der Waals surface area contributed by atoms with Crippen molar-refractivity contribution in [2.75, 3.05) is 0 Å². The minimum Gasteiger partial charge on any atom is -0.319 e. The summed E-state index contributed by atoms with van der Waals surface area (Å²) in [6.45, 7) is 0. The first kappa shape index (κ1) is 9.99. The fraction of sp³-hybridized carbons (Fsp3) is 0.0769. The molecular weight excluding hydrogens is 212 g/mol. The molecule has 0 bridgehead atoms. The van der Waals surface area contributed by atoms with Gasteiger partial charge in [0, 0.05) is 0 Å². The van der Waals surface area contributed by atoms with Crippen LogP contribution in [0.4, 0.5) is 0 Å². The Bertz CT molecular complexity index is 631. The van der Waals surface area contributed by atoms with Crippen LogP contribution in [-0.2, 0) is 0 Å². The molecule has 4 nitrogen and oxygen atoms in total. The predicted octanol–water partition coefficient (Wildman–Crippen LogP) is 2.01. The third-order valence-electron chi connectivity index (χ3n) is 2.88. The van der Waals surface area contributed by atoms with Crippen molar-refractivity contribution in [3.63, 3.8) is 0 Å². The Labute approximate surface area is 98.5 Å². The van der Waals surface area contributed by atoms with Gasteiger partial charge in [-0.2, -0.15) is 15.4 Å². The van der Waals surface area contributed by atoms with E-state index >= 15 is 0 Å². The van der Waals surface area contributed by atoms with Crippen molar-refractivity contribution in [1.29, 1.82) is 0 Å². The van der Waals surface area contributed by atoms with Crippen molar-refractivity contribution in [1.82, 2.24) is 15.4 Å². The summed E-state index contributed by atoms with van der Waals surface area (Å²) in [5, 5.41) is 12.8. The Kier molecular flexibility index (Phi) is 2.34. The van der Waals surface area contributed by atoms with Gasteiger partial charge in [-0.1, -0.05) is 36.4 Å². The zero-order valence-electron chi connectivity index (χ0n) is 9.17. The number of aromatic amines is 1. The zero-order valence-corrected chi connectivity index (χ0v) is 9.17. The van der Waals surface area contributed by atoms with Gasteiger partial charge in [-0.15, -0.1) is 0 Å². The van der Waals surface area contributed by atoms with Gasteiger partial charge >= 0.3 is 0 Å². The summed E-state index contributed by atoms with van der Waals surface area (Å²) in [4.78, 5) is 0. The topological polar surface area (TPSA) is 67.6 Å². The number of benzene rings is 2. The van der Waals surface area contributed by atoms with Gasteiger partial charge in [0.2, 0.25) is 0 Å². The molecule has 1 aromatic heterocycles. The normalized spacial score (nSPS) is 12.8. The molecule has 3 N–H and O–H groups in total. The number of nitrogens with one attached hydrogen (secondary N) is 1. The molecule has 1 unspecified atom stereocenters. The molecule has 0 amide bonds. The maximum absolute atomic E-state index is 6.13. The van der Waals surface area contributed by atoms with Crippen LogP contribution in [0.15, 0.2) is 48.7 Å². The first-order valence-electron chi connectivity index (χ1n) is 5.44. The van der Waals surface area contributed by atoms with E-state index in [-0.39, 0.29) is 6.04 Å². The van der Waals surface area contributed by atoms with Gasteiger partial charge in [-0.3, -0.25) is 0 Å². The third-order valence-corrected chi connectivity index (χ3v) is 2.88. The van der Waals surface area contributed by atoms with Crippen molar-refractivity contribution >= 4 is 10.8 Å². The highest BCUT2D eigenvalue weighted by atomic mass is 15.3. The molecule has 4 heteroatoms. The molecular formula is C13H12N4. The Balaban J connectivity index is 2.06. The lowest BCUT2D eigenvalue weighted by atomic mass is 10.0. The van der Waals surface area contributed by atoms with Gasteiger partial charge in [0.25, 0.3) is 0 Å². The second kappa shape index (κ2) is 3.99. The van der Waals surface area contributed by atoms with Gasteiger partial charge in [-0.05, 0) is 22.4 Å². The lowest BCUT2D eigenvalue weighted by Crippen LogP contribution is -2.12. The average molecular weight is 224 g/mol. The zero-order chi connectivity index (χ0) is 11.7. The molecule has 0 aliphatic carbocycles. The quantitative estimate of drug-likeness (QED) is 0.699.